The first-order valence-corrected chi connectivity index (χ1v) is 7.49. The van der Waals surface area contributed by atoms with Gasteiger partial charge in [-0.15, -0.1) is 0 Å². The molecule has 2 aromatic carbocycles. The highest BCUT2D eigenvalue weighted by atomic mass is 16.5. The Morgan fingerprint density at radius 1 is 0.905 bits per heavy atom. The number of benzene rings is 2. The monoisotopic (exact) mass is 283 g/mol. The Hall–Kier alpha value is -1.80. The molecule has 0 aromatic heterocycles. The van der Waals surface area contributed by atoms with Crippen molar-refractivity contribution in [2.45, 2.75) is 39.8 Å². The minimum atomic E-state index is 0.234. The summed E-state index contributed by atoms with van der Waals surface area (Å²) in [5.41, 5.74) is 5.19. The zero-order valence-electron chi connectivity index (χ0n) is 13.6. The second-order valence-electron chi connectivity index (χ2n) is 5.70. The molecular weight excluding hydrogens is 258 g/mol. The van der Waals surface area contributed by atoms with Gasteiger partial charge in [-0.3, -0.25) is 0 Å². The van der Waals surface area contributed by atoms with Crippen LogP contribution in [0.1, 0.15) is 48.2 Å². The first-order chi connectivity index (χ1) is 10.0. The van der Waals surface area contributed by atoms with Crippen molar-refractivity contribution >= 4 is 0 Å². The van der Waals surface area contributed by atoms with E-state index in [4.69, 9.17) is 4.74 Å². The molecule has 2 nitrogen and oxygen atoms in total. The van der Waals surface area contributed by atoms with E-state index >= 15 is 0 Å². The third-order valence-corrected chi connectivity index (χ3v) is 4.14. The quantitative estimate of drug-likeness (QED) is 0.857. The van der Waals surface area contributed by atoms with Crippen molar-refractivity contribution in [2.24, 2.45) is 0 Å². The molecule has 0 aliphatic carbocycles. The van der Waals surface area contributed by atoms with Gasteiger partial charge in [0.2, 0.25) is 0 Å². The number of para-hydroxylation sites is 1. The van der Waals surface area contributed by atoms with Gasteiger partial charge in [-0.05, 0) is 50.5 Å². The summed E-state index contributed by atoms with van der Waals surface area (Å²) in [5, 5.41) is 3.65. The zero-order chi connectivity index (χ0) is 15.4. The Kier molecular flexibility index (Phi) is 5.03. The first-order valence-electron chi connectivity index (χ1n) is 7.49. The van der Waals surface area contributed by atoms with Crippen molar-refractivity contribution in [3.05, 3.63) is 64.7 Å². The van der Waals surface area contributed by atoms with Gasteiger partial charge in [0.05, 0.1) is 7.11 Å². The van der Waals surface area contributed by atoms with Crippen molar-refractivity contribution in [3.63, 3.8) is 0 Å². The highest BCUT2D eigenvalue weighted by Crippen LogP contribution is 2.27. The molecule has 0 spiro atoms. The van der Waals surface area contributed by atoms with Gasteiger partial charge in [0.25, 0.3) is 0 Å². The summed E-state index contributed by atoms with van der Waals surface area (Å²) < 4.78 is 5.45. The molecule has 0 aliphatic rings. The number of aryl methyl sites for hydroxylation is 2. The summed E-state index contributed by atoms with van der Waals surface area (Å²) in [6, 6.07) is 15.4. The van der Waals surface area contributed by atoms with Crippen LogP contribution in [-0.4, -0.2) is 7.11 Å². The van der Waals surface area contributed by atoms with Crippen molar-refractivity contribution in [1.29, 1.82) is 0 Å². The summed E-state index contributed by atoms with van der Waals surface area (Å²) in [7, 11) is 1.72. The molecule has 2 heteroatoms. The predicted octanol–water partition coefficient (Wildman–Crippen LogP) is 4.72. The van der Waals surface area contributed by atoms with E-state index in [1.54, 1.807) is 7.11 Å². The average molecular weight is 283 g/mol. The average Bonchev–Trinajstić information content (AvgIpc) is 2.49. The predicted molar refractivity (Wildman–Crippen MR) is 88.9 cm³/mol. The molecular formula is C19H25NO. The molecule has 2 atom stereocenters. The molecule has 2 aromatic rings. The van der Waals surface area contributed by atoms with Gasteiger partial charge in [-0.2, -0.15) is 0 Å². The Balaban J connectivity index is 2.14. The van der Waals surface area contributed by atoms with Gasteiger partial charge in [-0.25, -0.2) is 0 Å². The number of hydrogen-bond donors (Lipinski definition) is 1. The molecule has 0 heterocycles. The summed E-state index contributed by atoms with van der Waals surface area (Å²) in [4.78, 5) is 0. The lowest BCUT2D eigenvalue weighted by Crippen LogP contribution is -2.23. The number of ether oxygens (including phenoxy) is 1. The molecule has 0 saturated carbocycles. The largest absolute Gasteiger partial charge is 0.496 e. The molecule has 0 saturated heterocycles. The van der Waals surface area contributed by atoms with E-state index < -0.39 is 0 Å². The third kappa shape index (κ3) is 3.64. The minimum absolute atomic E-state index is 0.234. The van der Waals surface area contributed by atoms with Gasteiger partial charge in [0.1, 0.15) is 5.75 Å². The molecule has 0 amide bonds. The number of hydrogen-bond acceptors (Lipinski definition) is 2. The molecule has 2 rings (SSSR count). The van der Waals surface area contributed by atoms with Crippen LogP contribution in [0.2, 0.25) is 0 Å². The normalized spacial score (nSPS) is 13.8. The lowest BCUT2D eigenvalue weighted by atomic mass is 10.00. The van der Waals surface area contributed by atoms with Crippen LogP contribution in [0.25, 0.3) is 0 Å². The van der Waals surface area contributed by atoms with E-state index in [2.05, 4.69) is 63.3 Å². The molecule has 0 bridgehead atoms. The Morgan fingerprint density at radius 3 is 2.29 bits per heavy atom. The van der Waals surface area contributed by atoms with Gasteiger partial charge in [-0.1, -0.05) is 36.4 Å². The van der Waals surface area contributed by atoms with Crippen LogP contribution in [0.3, 0.4) is 0 Å². The minimum Gasteiger partial charge on any atom is -0.496 e. The smallest absolute Gasteiger partial charge is 0.123 e. The van der Waals surface area contributed by atoms with Crippen LogP contribution < -0.4 is 10.1 Å². The fourth-order valence-corrected chi connectivity index (χ4v) is 2.62. The lowest BCUT2D eigenvalue weighted by Gasteiger charge is -2.23. The Labute approximate surface area is 128 Å². The fraction of sp³-hybridized carbons (Fsp3) is 0.368. The topological polar surface area (TPSA) is 21.3 Å². The zero-order valence-corrected chi connectivity index (χ0v) is 13.6. The lowest BCUT2D eigenvalue weighted by molar-refractivity contribution is 0.396. The van der Waals surface area contributed by atoms with Crippen LogP contribution in [0.15, 0.2) is 42.5 Å². The van der Waals surface area contributed by atoms with E-state index in [1.807, 2.05) is 12.1 Å². The van der Waals surface area contributed by atoms with Gasteiger partial charge in [0.15, 0.2) is 0 Å². The molecule has 0 fully saturated rings. The van der Waals surface area contributed by atoms with Crippen molar-refractivity contribution < 1.29 is 4.74 Å². The van der Waals surface area contributed by atoms with Crippen LogP contribution in [0.4, 0.5) is 0 Å². The first kappa shape index (κ1) is 15.6. The molecule has 21 heavy (non-hydrogen) atoms. The standard InChI is InChI=1S/C19H25NO/c1-13-10-11-17(12-14(13)2)15(3)20-16(4)18-8-6-7-9-19(18)21-5/h6-12,15-16,20H,1-5H3/t15?,16-/m0/s1. The Bertz CT molecular complexity index is 606. The van der Waals surface area contributed by atoms with Crippen molar-refractivity contribution in [2.75, 3.05) is 7.11 Å². The molecule has 0 radical (unpaired) electrons. The molecule has 1 unspecified atom stereocenters. The van der Waals surface area contributed by atoms with Crippen LogP contribution in [0.5, 0.6) is 5.75 Å². The molecule has 112 valence electrons. The van der Waals surface area contributed by atoms with Crippen molar-refractivity contribution in [3.8, 4) is 5.75 Å². The fourth-order valence-electron chi connectivity index (χ4n) is 2.62. The molecule has 0 aliphatic heterocycles. The van der Waals surface area contributed by atoms with E-state index in [0.29, 0.717) is 6.04 Å². The summed E-state index contributed by atoms with van der Waals surface area (Å²) in [6.45, 7) is 8.69. The van der Waals surface area contributed by atoms with Gasteiger partial charge in [0, 0.05) is 17.6 Å². The second kappa shape index (κ2) is 6.77. The SMILES string of the molecule is COc1ccccc1[C@H](C)NC(C)c1ccc(C)c(C)c1. The summed E-state index contributed by atoms with van der Waals surface area (Å²) in [5.74, 6) is 0.935. The maximum atomic E-state index is 5.45. The second-order valence-corrected chi connectivity index (χ2v) is 5.70. The van der Waals surface area contributed by atoms with Crippen LogP contribution in [0, 0.1) is 13.8 Å². The van der Waals surface area contributed by atoms with Crippen molar-refractivity contribution in [1.82, 2.24) is 5.32 Å². The van der Waals surface area contributed by atoms with Crippen LogP contribution >= 0.6 is 0 Å². The summed E-state index contributed by atoms with van der Waals surface area (Å²) in [6.07, 6.45) is 0. The van der Waals surface area contributed by atoms with Gasteiger partial charge >= 0.3 is 0 Å². The van der Waals surface area contributed by atoms with Crippen LogP contribution in [-0.2, 0) is 0 Å². The number of nitrogens with one attached hydrogen (secondary N) is 1. The van der Waals surface area contributed by atoms with E-state index in [0.717, 1.165) is 5.75 Å². The Morgan fingerprint density at radius 2 is 1.62 bits per heavy atom. The number of methoxy groups -OCH3 is 1. The highest BCUT2D eigenvalue weighted by Gasteiger charge is 2.14. The maximum Gasteiger partial charge on any atom is 0.123 e. The van der Waals surface area contributed by atoms with Gasteiger partial charge < -0.3 is 10.1 Å². The third-order valence-electron chi connectivity index (χ3n) is 4.14. The number of rotatable bonds is 5. The van der Waals surface area contributed by atoms with E-state index in [1.165, 1.54) is 22.3 Å². The highest BCUT2D eigenvalue weighted by molar-refractivity contribution is 5.36. The molecule has 1 N–H and O–H groups in total. The van der Waals surface area contributed by atoms with E-state index in [-0.39, 0.29) is 6.04 Å². The van der Waals surface area contributed by atoms with E-state index in [9.17, 15) is 0 Å². The maximum absolute atomic E-state index is 5.45. The summed E-state index contributed by atoms with van der Waals surface area (Å²) >= 11 is 0.